The topological polar surface area (TPSA) is 0 Å². The first-order valence-corrected chi connectivity index (χ1v) is 6.19. The van der Waals surface area contributed by atoms with Crippen molar-refractivity contribution in [3.8, 4) is 0 Å². The van der Waals surface area contributed by atoms with Gasteiger partial charge in [0, 0.05) is 0 Å². The number of hydrogen-bond acceptors (Lipinski definition) is 0. The van der Waals surface area contributed by atoms with Crippen molar-refractivity contribution in [3.05, 3.63) is 12.2 Å². The second-order valence-electron chi connectivity index (χ2n) is 5.65. The van der Waals surface area contributed by atoms with Gasteiger partial charge in [-0.1, -0.05) is 46.8 Å². The van der Waals surface area contributed by atoms with Gasteiger partial charge in [-0.3, -0.25) is 0 Å². The Morgan fingerprint density at radius 1 is 0.929 bits per heavy atom. The van der Waals surface area contributed by atoms with E-state index < -0.39 is 0 Å². The van der Waals surface area contributed by atoms with Gasteiger partial charge in [-0.2, -0.15) is 0 Å². The molecule has 0 saturated heterocycles. The van der Waals surface area contributed by atoms with E-state index in [1.54, 1.807) is 0 Å². The highest BCUT2D eigenvalue weighted by Crippen LogP contribution is 2.39. The molecule has 0 aromatic heterocycles. The van der Waals surface area contributed by atoms with E-state index in [4.69, 9.17) is 0 Å². The minimum absolute atomic E-state index is 0.826. The van der Waals surface area contributed by atoms with Crippen LogP contribution in [0.3, 0.4) is 0 Å². The highest BCUT2D eigenvalue weighted by atomic mass is 14.4. The van der Waals surface area contributed by atoms with Crippen LogP contribution in [0.2, 0.25) is 0 Å². The summed E-state index contributed by atoms with van der Waals surface area (Å²) in [5, 5.41) is 0. The van der Waals surface area contributed by atoms with Crippen LogP contribution in [0.25, 0.3) is 0 Å². The maximum absolute atomic E-state index is 2.43. The van der Waals surface area contributed by atoms with Crippen LogP contribution in [0.15, 0.2) is 12.2 Å². The summed E-state index contributed by atoms with van der Waals surface area (Å²) in [7, 11) is 0. The summed E-state index contributed by atoms with van der Waals surface area (Å²) in [4.78, 5) is 0. The van der Waals surface area contributed by atoms with Gasteiger partial charge in [0.2, 0.25) is 0 Å². The summed E-state index contributed by atoms with van der Waals surface area (Å²) in [6.07, 6.45) is 7.38. The maximum atomic E-state index is 2.43. The van der Waals surface area contributed by atoms with Crippen LogP contribution in [-0.4, -0.2) is 0 Å². The highest BCUT2D eigenvalue weighted by Gasteiger charge is 2.31. The van der Waals surface area contributed by atoms with Crippen molar-refractivity contribution < 1.29 is 0 Å². The Morgan fingerprint density at radius 3 is 2.00 bits per heavy atom. The highest BCUT2D eigenvalue weighted by molar-refractivity contribution is 4.95. The molecule has 3 atom stereocenters. The first kappa shape index (κ1) is 11.8. The molecular weight excluding hydrogens is 168 g/mol. The molecule has 1 aliphatic carbocycles. The van der Waals surface area contributed by atoms with Crippen LogP contribution in [0.5, 0.6) is 0 Å². The van der Waals surface area contributed by atoms with E-state index in [0.29, 0.717) is 0 Å². The van der Waals surface area contributed by atoms with Crippen molar-refractivity contribution in [2.45, 2.75) is 47.5 Å². The molecule has 0 aromatic rings. The maximum Gasteiger partial charge on any atom is -0.0317 e. The second kappa shape index (κ2) is 5.00. The molecule has 0 bridgehead atoms. The minimum atomic E-state index is 0.826. The van der Waals surface area contributed by atoms with E-state index >= 15 is 0 Å². The quantitative estimate of drug-likeness (QED) is 0.567. The lowest BCUT2D eigenvalue weighted by Gasteiger charge is -2.35. The Bertz CT molecular complexity index is 188. The standard InChI is InChI=1S/C14H26/c1-10(2)13-9-7-6-8-12(5)14(13)11(3)4/h6-7,10-14H,8-9H2,1-5H3. The lowest BCUT2D eigenvalue weighted by Crippen LogP contribution is -2.28. The molecule has 0 spiro atoms. The molecule has 0 fully saturated rings. The third kappa shape index (κ3) is 2.62. The summed E-state index contributed by atoms with van der Waals surface area (Å²) in [6.45, 7) is 12.0. The molecule has 0 amide bonds. The Morgan fingerprint density at radius 2 is 1.50 bits per heavy atom. The van der Waals surface area contributed by atoms with Crippen LogP contribution < -0.4 is 0 Å². The van der Waals surface area contributed by atoms with Crippen LogP contribution >= 0.6 is 0 Å². The molecule has 3 unspecified atom stereocenters. The summed E-state index contributed by atoms with van der Waals surface area (Å²) in [6, 6.07) is 0. The molecule has 1 rings (SSSR count). The largest absolute Gasteiger partial charge is 0.0883 e. The zero-order valence-electron chi connectivity index (χ0n) is 10.5. The van der Waals surface area contributed by atoms with Crippen molar-refractivity contribution in [2.24, 2.45) is 29.6 Å². The Hall–Kier alpha value is -0.260. The molecule has 0 nitrogen and oxygen atoms in total. The van der Waals surface area contributed by atoms with Crippen LogP contribution in [0.4, 0.5) is 0 Å². The molecule has 82 valence electrons. The first-order valence-electron chi connectivity index (χ1n) is 6.19. The summed E-state index contributed by atoms with van der Waals surface area (Å²) in [5.41, 5.74) is 0. The summed E-state index contributed by atoms with van der Waals surface area (Å²) in [5.74, 6) is 4.32. The zero-order chi connectivity index (χ0) is 10.7. The molecule has 0 aromatic carbocycles. The van der Waals surface area contributed by atoms with E-state index in [1.807, 2.05) is 0 Å². The molecule has 1 aliphatic rings. The number of allylic oxidation sites excluding steroid dienone is 2. The third-order valence-corrected chi connectivity index (χ3v) is 3.86. The van der Waals surface area contributed by atoms with Gasteiger partial charge in [-0.15, -0.1) is 0 Å². The fourth-order valence-corrected chi connectivity index (χ4v) is 3.17. The van der Waals surface area contributed by atoms with Crippen molar-refractivity contribution >= 4 is 0 Å². The Balaban J connectivity index is 2.80. The van der Waals surface area contributed by atoms with Gasteiger partial charge in [0.05, 0.1) is 0 Å². The van der Waals surface area contributed by atoms with Gasteiger partial charge >= 0.3 is 0 Å². The molecular formula is C14H26. The predicted octanol–water partition coefficient (Wildman–Crippen LogP) is 4.52. The molecule has 0 heterocycles. The van der Waals surface area contributed by atoms with E-state index in [0.717, 1.165) is 29.6 Å². The van der Waals surface area contributed by atoms with Crippen LogP contribution in [-0.2, 0) is 0 Å². The minimum Gasteiger partial charge on any atom is -0.0883 e. The van der Waals surface area contributed by atoms with Crippen molar-refractivity contribution in [1.29, 1.82) is 0 Å². The fraction of sp³-hybridized carbons (Fsp3) is 0.857. The van der Waals surface area contributed by atoms with Gasteiger partial charge in [0.15, 0.2) is 0 Å². The van der Waals surface area contributed by atoms with Gasteiger partial charge in [0.1, 0.15) is 0 Å². The van der Waals surface area contributed by atoms with Gasteiger partial charge in [0.25, 0.3) is 0 Å². The van der Waals surface area contributed by atoms with Gasteiger partial charge in [-0.25, -0.2) is 0 Å². The average Bonchev–Trinajstić information content (AvgIpc) is 2.26. The smallest absolute Gasteiger partial charge is 0.0317 e. The first-order chi connectivity index (χ1) is 6.54. The lowest BCUT2D eigenvalue weighted by atomic mass is 9.70. The van der Waals surface area contributed by atoms with E-state index in [9.17, 15) is 0 Å². The van der Waals surface area contributed by atoms with Crippen molar-refractivity contribution in [1.82, 2.24) is 0 Å². The molecule has 0 saturated carbocycles. The zero-order valence-corrected chi connectivity index (χ0v) is 10.5. The molecule has 0 heteroatoms. The summed E-state index contributed by atoms with van der Waals surface area (Å²) < 4.78 is 0. The average molecular weight is 194 g/mol. The summed E-state index contributed by atoms with van der Waals surface area (Å²) >= 11 is 0. The molecule has 0 N–H and O–H groups in total. The third-order valence-electron chi connectivity index (χ3n) is 3.86. The second-order valence-corrected chi connectivity index (χ2v) is 5.65. The number of rotatable bonds is 2. The van der Waals surface area contributed by atoms with Crippen molar-refractivity contribution in [2.75, 3.05) is 0 Å². The predicted molar refractivity (Wildman–Crippen MR) is 64.2 cm³/mol. The lowest BCUT2D eigenvalue weighted by molar-refractivity contribution is 0.141. The Labute approximate surface area is 89.8 Å². The Kier molecular flexibility index (Phi) is 4.22. The monoisotopic (exact) mass is 194 g/mol. The van der Waals surface area contributed by atoms with E-state index in [1.165, 1.54) is 12.8 Å². The molecule has 0 aliphatic heterocycles. The van der Waals surface area contributed by atoms with E-state index in [2.05, 4.69) is 46.8 Å². The van der Waals surface area contributed by atoms with Crippen LogP contribution in [0.1, 0.15) is 47.5 Å². The van der Waals surface area contributed by atoms with E-state index in [-0.39, 0.29) is 0 Å². The van der Waals surface area contributed by atoms with Gasteiger partial charge < -0.3 is 0 Å². The van der Waals surface area contributed by atoms with Crippen LogP contribution in [0, 0.1) is 29.6 Å². The van der Waals surface area contributed by atoms with Crippen molar-refractivity contribution in [3.63, 3.8) is 0 Å². The number of hydrogen-bond donors (Lipinski definition) is 0. The van der Waals surface area contributed by atoms with Gasteiger partial charge in [-0.05, 0) is 42.4 Å². The molecule has 0 radical (unpaired) electrons. The fourth-order valence-electron chi connectivity index (χ4n) is 3.17. The molecule has 14 heavy (non-hydrogen) atoms. The SMILES string of the molecule is CC(C)C1CC=CCC(C)C1C(C)C. The normalized spacial score (nSPS) is 33.8.